The summed E-state index contributed by atoms with van der Waals surface area (Å²) in [6, 6.07) is 7.85. The lowest BCUT2D eigenvalue weighted by atomic mass is 9.92. The van der Waals surface area contributed by atoms with Gasteiger partial charge in [-0.1, -0.05) is 0 Å². The molecule has 3 aromatic rings. The van der Waals surface area contributed by atoms with Gasteiger partial charge in [-0.25, -0.2) is 0 Å². The van der Waals surface area contributed by atoms with Gasteiger partial charge in [-0.3, -0.25) is 9.78 Å². The number of carbonyl (C=O) groups excluding carboxylic acids is 1. The van der Waals surface area contributed by atoms with E-state index in [1.807, 2.05) is 35.5 Å². The highest BCUT2D eigenvalue weighted by Gasteiger charge is 2.27. The average molecular weight is 639 g/mol. The van der Waals surface area contributed by atoms with Gasteiger partial charge in [0, 0.05) is 49.5 Å². The third kappa shape index (κ3) is 8.15. The van der Waals surface area contributed by atoms with Gasteiger partial charge in [-0.15, -0.1) is 24.8 Å². The van der Waals surface area contributed by atoms with E-state index in [1.165, 1.54) is 23.8 Å². The molecule has 238 valence electrons. The van der Waals surface area contributed by atoms with Crippen LogP contribution >= 0.6 is 24.8 Å². The Morgan fingerprint density at radius 1 is 0.860 bits per heavy atom. The molecule has 0 bridgehead atoms. The highest BCUT2D eigenvalue weighted by Crippen LogP contribution is 2.35. The lowest BCUT2D eigenvalue weighted by Gasteiger charge is -2.34. The predicted molar refractivity (Wildman–Crippen MR) is 174 cm³/mol. The van der Waals surface area contributed by atoms with Crippen LogP contribution in [0.4, 0.5) is 0 Å². The number of benzene rings is 2. The zero-order valence-electron chi connectivity index (χ0n) is 25.5. The number of carbonyl (C=O) groups is 1. The number of ether oxygens (including phenoxy) is 4. The second-order valence-corrected chi connectivity index (χ2v) is 10.8. The van der Waals surface area contributed by atoms with Gasteiger partial charge in [-0.05, 0) is 91.8 Å². The van der Waals surface area contributed by atoms with Crippen LogP contribution in [-0.2, 0) is 12.8 Å². The van der Waals surface area contributed by atoms with Crippen LogP contribution in [0.25, 0.3) is 10.8 Å². The molecule has 1 fully saturated rings. The van der Waals surface area contributed by atoms with Crippen LogP contribution in [0.5, 0.6) is 23.0 Å². The van der Waals surface area contributed by atoms with Crippen LogP contribution in [0.2, 0.25) is 0 Å². The number of amides is 1. The number of piperidine rings is 1. The summed E-state index contributed by atoms with van der Waals surface area (Å²) < 4.78 is 21.9. The van der Waals surface area contributed by atoms with Crippen molar-refractivity contribution in [3.63, 3.8) is 0 Å². The maximum Gasteiger partial charge on any atom is 0.254 e. The Hall–Kier alpha value is -2.98. The summed E-state index contributed by atoms with van der Waals surface area (Å²) in [6.45, 7) is 4.82. The topological polar surface area (TPSA) is 105 Å². The standard InChI is InChI=1S/C32H41N3O5.2ClH.H2O/c1-37-28-15-23-10-14-35(32(36)27(23)18-31(28)40-4)12-6-8-22-7-5-11-34(21-22)13-9-24-19-33-20-25-16-29(38-2)30(39-3)17-26(24)25;;;/h15-20,22H,5-14,21H2,1-4H3;2*1H;1H2. The molecule has 2 aliphatic heterocycles. The van der Waals surface area contributed by atoms with Gasteiger partial charge < -0.3 is 34.2 Å². The number of fused-ring (bicyclic) bond motifs is 2. The Bertz CT molecular complexity index is 1360. The van der Waals surface area contributed by atoms with E-state index in [0.717, 1.165) is 86.4 Å². The summed E-state index contributed by atoms with van der Waals surface area (Å²) in [7, 11) is 6.57. The molecule has 0 aliphatic carbocycles. The molecule has 9 nitrogen and oxygen atoms in total. The van der Waals surface area contributed by atoms with E-state index < -0.39 is 0 Å². The van der Waals surface area contributed by atoms with Gasteiger partial charge in [0.1, 0.15) is 0 Å². The van der Waals surface area contributed by atoms with Gasteiger partial charge in [0.15, 0.2) is 23.0 Å². The number of hydrogen-bond donors (Lipinski definition) is 0. The number of nitrogens with zero attached hydrogens (tertiary/aromatic N) is 3. The highest BCUT2D eigenvalue weighted by atomic mass is 35.5. The van der Waals surface area contributed by atoms with E-state index in [4.69, 9.17) is 18.9 Å². The molecular formula is C32H45Cl2N3O6. The fraction of sp³-hybridized carbons (Fsp3) is 0.500. The SMILES string of the molecule is COc1cc2c(cc1OC)C(=O)N(CCCC1CCCN(CCc3cncc4cc(OC)c(OC)cc34)C1)CC2.Cl.Cl.O. The first-order valence-corrected chi connectivity index (χ1v) is 14.3. The summed E-state index contributed by atoms with van der Waals surface area (Å²) in [5.74, 6) is 3.53. The third-order valence-electron chi connectivity index (χ3n) is 8.46. The lowest BCUT2D eigenvalue weighted by Crippen LogP contribution is -2.39. The van der Waals surface area contributed by atoms with Crippen LogP contribution in [-0.4, -0.2) is 87.3 Å². The monoisotopic (exact) mass is 637 g/mol. The molecule has 1 aromatic heterocycles. The number of likely N-dealkylation sites (tertiary alicyclic amines) is 1. The largest absolute Gasteiger partial charge is 0.493 e. The van der Waals surface area contributed by atoms with Crippen molar-refractivity contribution in [2.75, 3.05) is 61.2 Å². The maximum absolute atomic E-state index is 13.2. The quantitative estimate of drug-likeness (QED) is 0.291. The van der Waals surface area contributed by atoms with E-state index in [1.54, 1.807) is 28.4 Å². The molecule has 1 saturated heterocycles. The van der Waals surface area contributed by atoms with Crippen LogP contribution in [0.1, 0.15) is 47.2 Å². The van der Waals surface area contributed by atoms with E-state index in [0.29, 0.717) is 17.4 Å². The number of hydrogen-bond acceptors (Lipinski definition) is 7. The molecule has 2 aromatic carbocycles. The molecule has 11 heteroatoms. The molecule has 2 N–H and O–H groups in total. The minimum Gasteiger partial charge on any atom is -0.493 e. The number of rotatable bonds is 11. The molecular weight excluding hydrogens is 593 g/mol. The molecule has 1 unspecified atom stereocenters. The normalized spacial score (nSPS) is 16.3. The second kappa shape index (κ2) is 16.8. The van der Waals surface area contributed by atoms with Crippen LogP contribution in [0.3, 0.4) is 0 Å². The molecule has 1 atom stereocenters. The zero-order chi connectivity index (χ0) is 28.1. The average Bonchev–Trinajstić information content (AvgIpc) is 3.00. The fourth-order valence-electron chi connectivity index (χ4n) is 6.26. The Labute approximate surface area is 267 Å². The van der Waals surface area contributed by atoms with Crippen molar-refractivity contribution in [1.82, 2.24) is 14.8 Å². The van der Waals surface area contributed by atoms with Crippen molar-refractivity contribution >= 4 is 41.5 Å². The Morgan fingerprint density at radius 3 is 2.26 bits per heavy atom. The Morgan fingerprint density at radius 2 is 1.53 bits per heavy atom. The third-order valence-corrected chi connectivity index (χ3v) is 8.46. The summed E-state index contributed by atoms with van der Waals surface area (Å²) in [5, 5.41) is 2.24. The summed E-state index contributed by atoms with van der Waals surface area (Å²) in [5.41, 5.74) is 3.02. The molecule has 1 amide bonds. The van der Waals surface area contributed by atoms with Gasteiger partial charge in [-0.2, -0.15) is 0 Å². The first-order chi connectivity index (χ1) is 19.5. The molecule has 5 rings (SSSR count). The van der Waals surface area contributed by atoms with Crippen molar-refractivity contribution in [3.05, 3.63) is 53.3 Å². The summed E-state index contributed by atoms with van der Waals surface area (Å²) in [4.78, 5) is 22.3. The van der Waals surface area contributed by atoms with Crippen molar-refractivity contribution in [1.29, 1.82) is 0 Å². The molecule has 0 radical (unpaired) electrons. The number of pyridine rings is 1. The second-order valence-electron chi connectivity index (χ2n) is 10.8. The minimum absolute atomic E-state index is 0. The first kappa shape index (κ1) is 36.2. The maximum atomic E-state index is 13.2. The molecule has 0 spiro atoms. The number of aromatic nitrogens is 1. The fourth-order valence-corrected chi connectivity index (χ4v) is 6.26. The van der Waals surface area contributed by atoms with Gasteiger partial charge in [0.05, 0.1) is 28.4 Å². The predicted octanol–water partition coefficient (Wildman–Crippen LogP) is 5.02. The Kier molecular flexibility index (Phi) is 14.1. The van der Waals surface area contributed by atoms with Gasteiger partial charge >= 0.3 is 0 Å². The molecule has 3 heterocycles. The van der Waals surface area contributed by atoms with Crippen molar-refractivity contribution < 1.29 is 29.2 Å². The number of halogens is 2. The van der Waals surface area contributed by atoms with Crippen LogP contribution in [0, 0.1) is 5.92 Å². The summed E-state index contributed by atoms with van der Waals surface area (Å²) >= 11 is 0. The lowest BCUT2D eigenvalue weighted by molar-refractivity contribution is 0.0730. The number of methoxy groups -OCH3 is 4. The Balaban J connectivity index is 0.00000215. The molecule has 0 saturated carbocycles. The first-order valence-electron chi connectivity index (χ1n) is 14.3. The highest BCUT2D eigenvalue weighted by molar-refractivity contribution is 5.97. The van der Waals surface area contributed by atoms with Crippen molar-refractivity contribution in [3.8, 4) is 23.0 Å². The van der Waals surface area contributed by atoms with Gasteiger partial charge in [0.25, 0.3) is 5.91 Å². The molecule has 43 heavy (non-hydrogen) atoms. The summed E-state index contributed by atoms with van der Waals surface area (Å²) in [6.07, 6.45) is 10.3. The van der Waals surface area contributed by atoms with Crippen LogP contribution in [0.15, 0.2) is 36.7 Å². The van der Waals surface area contributed by atoms with Crippen LogP contribution < -0.4 is 18.9 Å². The smallest absolute Gasteiger partial charge is 0.254 e. The van der Waals surface area contributed by atoms with Crippen molar-refractivity contribution in [2.24, 2.45) is 5.92 Å². The minimum atomic E-state index is 0. The van der Waals surface area contributed by atoms with E-state index >= 15 is 0 Å². The zero-order valence-corrected chi connectivity index (χ0v) is 27.2. The molecule has 2 aliphatic rings. The van der Waals surface area contributed by atoms with Gasteiger partial charge in [0.2, 0.25) is 0 Å². The van der Waals surface area contributed by atoms with E-state index in [2.05, 4.69) is 16.0 Å². The van der Waals surface area contributed by atoms with Crippen molar-refractivity contribution in [2.45, 2.75) is 38.5 Å². The van der Waals surface area contributed by atoms with E-state index in [9.17, 15) is 4.79 Å². The van der Waals surface area contributed by atoms with E-state index in [-0.39, 0.29) is 36.2 Å².